The Kier molecular flexibility index (Phi) is 4.87. The Bertz CT molecular complexity index is 449. The first-order valence-electron chi connectivity index (χ1n) is 8.20. The molecule has 2 aliphatic heterocycles. The molecule has 0 radical (unpaired) electrons. The summed E-state index contributed by atoms with van der Waals surface area (Å²) in [7, 11) is 1.91. The van der Waals surface area contributed by atoms with Gasteiger partial charge in [-0.1, -0.05) is 12.1 Å². The summed E-state index contributed by atoms with van der Waals surface area (Å²) in [6.07, 6.45) is 6.89. The Morgan fingerprint density at radius 1 is 1.52 bits per heavy atom. The standard InChI is InChI=1S/C15H27N5O/c1-3-6-16-14(8-12-9-19(2)18-17-12)15-10-20-7-4-5-13(20)11-21-15/h9,13-16H,3-8,10-11H2,1-2H3. The van der Waals surface area contributed by atoms with E-state index >= 15 is 0 Å². The van der Waals surface area contributed by atoms with Crippen LogP contribution in [0.25, 0.3) is 0 Å². The number of nitrogens with one attached hydrogen (secondary N) is 1. The van der Waals surface area contributed by atoms with Crippen LogP contribution in [0.5, 0.6) is 0 Å². The number of hydrogen-bond donors (Lipinski definition) is 1. The zero-order valence-electron chi connectivity index (χ0n) is 13.2. The molecule has 0 aliphatic carbocycles. The minimum absolute atomic E-state index is 0.257. The number of ether oxygens (including phenoxy) is 1. The van der Waals surface area contributed by atoms with Crippen LogP contribution in [0, 0.1) is 0 Å². The fraction of sp³-hybridized carbons (Fsp3) is 0.867. The fourth-order valence-corrected chi connectivity index (χ4v) is 3.47. The van der Waals surface area contributed by atoms with Crippen molar-refractivity contribution in [3.63, 3.8) is 0 Å². The molecule has 6 heteroatoms. The first-order valence-corrected chi connectivity index (χ1v) is 8.20. The molecule has 3 unspecified atom stereocenters. The van der Waals surface area contributed by atoms with Crippen LogP contribution in [0.4, 0.5) is 0 Å². The minimum atomic E-state index is 0.257. The van der Waals surface area contributed by atoms with E-state index in [0.717, 1.165) is 38.2 Å². The molecule has 3 atom stereocenters. The molecule has 118 valence electrons. The topological polar surface area (TPSA) is 55.2 Å². The van der Waals surface area contributed by atoms with E-state index in [4.69, 9.17) is 4.74 Å². The molecule has 3 rings (SSSR count). The molecule has 1 N–H and O–H groups in total. The molecule has 1 aromatic heterocycles. The van der Waals surface area contributed by atoms with E-state index in [1.807, 2.05) is 13.2 Å². The summed E-state index contributed by atoms with van der Waals surface area (Å²) in [6.45, 7) is 6.39. The van der Waals surface area contributed by atoms with E-state index in [2.05, 4.69) is 27.5 Å². The fourth-order valence-electron chi connectivity index (χ4n) is 3.47. The monoisotopic (exact) mass is 293 g/mol. The second-order valence-electron chi connectivity index (χ2n) is 6.31. The molecule has 3 heterocycles. The Balaban J connectivity index is 1.63. The molecule has 2 fully saturated rings. The molecule has 0 saturated carbocycles. The van der Waals surface area contributed by atoms with Gasteiger partial charge in [0.1, 0.15) is 0 Å². The van der Waals surface area contributed by atoms with Gasteiger partial charge in [0.15, 0.2) is 0 Å². The lowest BCUT2D eigenvalue weighted by Gasteiger charge is -2.39. The molecule has 0 spiro atoms. The van der Waals surface area contributed by atoms with Gasteiger partial charge in [-0.25, -0.2) is 0 Å². The van der Waals surface area contributed by atoms with Gasteiger partial charge in [-0.3, -0.25) is 9.58 Å². The van der Waals surface area contributed by atoms with E-state index in [1.54, 1.807) is 4.68 Å². The summed E-state index contributed by atoms with van der Waals surface area (Å²) in [5, 5.41) is 11.9. The Hall–Kier alpha value is -0.980. The van der Waals surface area contributed by atoms with E-state index in [-0.39, 0.29) is 6.10 Å². The van der Waals surface area contributed by atoms with Gasteiger partial charge in [-0.15, -0.1) is 5.10 Å². The van der Waals surface area contributed by atoms with Crippen molar-refractivity contribution in [1.82, 2.24) is 25.2 Å². The first kappa shape index (κ1) is 14.9. The van der Waals surface area contributed by atoms with Gasteiger partial charge in [0.25, 0.3) is 0 Å². The van der Waals surface area contributed by atoms with Crippen molar-refractivity contribution in [3.05, 3.63) is 11.9 Å². The highest BCUT2D eigenvalue weighted by Crippen LogP contribution is 2.24. The van der Waals surface area contributed by atoms with Crippen LogP contribution in [0.3, 0.4) is 0 Å². The number of aryl methyl sites for hydroxylation is 1. The van der Waals surface area contributed by atoms with Crippen LogP contribution in [0.1, 0.15) is 31.9 Å². The van der Waals surface area contributed by atoms with Crippen LogP contribution in [0.2, 0.25) is 0 Å². The second-order valence-corrected chi connectivity index (χ2v) is 6.31. The number of rotatable bonds is 6. The van der Waals surface area contributed by atoms with Gasteiger partial charge in [-0.2, -0.15) is 0 Å². The van der Waals surface area contributed by atoms with Crippen molar-refractivity contribution >= 4 is 0 Å². The van der Waals surface area contributed by atoms with Crippen molar-refractivity contribution in [2.24, 2.45) is 7.05 Å². The van der Waals surface area contributed by atoms with Crippen molar-refractivity contribution in [1.29, 1.82) is 0 Å². The SMILES string of the molecule is CCCNC(Cc1cn(C)nn1)C1CN2CCCC2CO1. The lowest BCUT2D eigenvalue weighted by atomic mass is 10.0. The van der Waals surface area contributed by atoms with Gasteiger partial charge in [0.2, 0.25) is 0 Å². The average molecular weight is 293 g/mol. The summed E-state index contributed by atoms with van der Waals surface area (Å²) in [4.78, 5) is 2.60. The zero-order chi connectivity index (χ0) is 14.7. The number of nitrogens with zero attached hydrogens (tertiary/aromatic N) is 4. The summed E-state index contributed by atoms with van der Waals surface area (Å²) in [5.74, 6) is 0. The Morgan fingerprint density at radius 3 is 3.19 bits per heavy atom. The van der Waals surface area contributed by atoms with Crippen LogP contribution in [-0.4, -0.2) is 64.3 Å². The van der Waals surface area contributed by atoms with Crippen LogP contribution >= 0.6 is 0 Å². The molecule has 0 aromatic carbocycles. The molecule has 6 nitrogen and oxygen atoms in total. The normalized spacial score (nSPS) is 27.7. The summed E-state index contributed by atoms with van der Waals surface area (Å²) in [5.41, 5.74) is 1.04. The van der Waals surface area contributed by atoms with E-state index in [0.29, 0.717) is 12.1 Å². The lowest BCUT2D eigenvalue weighted by Crippen LogP contribution is -2.55. The summed E-state index contributed by atoms with van der Waals surface area (Å²) < 4.78 is 7.94. The molecule has 1 aromatic rings. The largest absolute Gasteiger partial charge is 0.374 e. The van der Waals surface area contributed by atoms with Gasteiger partial charge in [0, 0.05) is 38.3 Å². The predicted molar refractivity (Wildman–Crippen MR) is 81.1 cm³/mol. The Morgan fingerprint density at radius 2 is 2.43 bits per heavy atom. The third-order valence-corrected chi connectivity index (χ3v) is 4.60. The van der Waals surface area contributed by atoms with Gasteiger partial charge in [-0.05, 0) is 32.4 Å². The zero-order valence-corrected chi connectivity index (χ0v) is 13.2. The van der Waals surface area contributed by atoms with Crippen LogP contribution in [-0.2, 0) is 18.2 Å². The van der Waals surface area contributed by atoms with E-state index in [1.165, 1.54) is 19.4 Å². The highest BCUT2D eigenvalue weighted by molar-refractivity contribution is 5.00. The van der Waals surface area contributed by atoms with Crippen molar-refractivity contribution < 1.29 is 4.74 Å². The van der Waals surface area contributed by atoms with Crippen LogP contribution < -0.4 is 5.32 Å². The van der Waals surface area contributed by atoms with Gasteiger partial charge >= 0.3 is 0 Å². The third kappa shape index (κ3) is 3.62. The third-order valence-electron chi connectivity index (χ3n) is 4.60. The lowest BCUT2D eigenvalue weighted by molar-refractivity contribution is -0.0644. The van der Waals surface area contributed by atoms with E-state index in [9.17, 15) is 0 Å². The molecule has 21 heavy (non-hydrogen) atoms. The number of aromatic nitrogens is 3. The molecular formula is C15H27N5O. The highest BCUT2D eigenvalue weighted by atomic mass is 16.5. The highest BCUT2D eigenvalue weighted by Gasteiger charge is 2.35. The van der Waals surface area contributed by atoms with Gasteiger partial charge < -0.3 is 10.1 Å². The maximum Gasteiger partial charge on any atom is 0.0859 e. The average Bonchev–Trinajstić information content (AvgIpc) is 3.11. The maximum atomic E-state index is 6.17. The predicted octanol–water partition coefficient (Wildman–Crippen LogP) is 0.589. The van der Waals surface area contributed by atoms with E-state index < -0.39 is 0 Å². The first-order chi connectivity index (χ1) is 10.3. The van der Waals surface area contributed by atoms with Crippen LogP contribution in [0.15, 0.2) is 6.20 Å². The summed E-state index contributed by atoms with van der Waals surface area (Å²) in [6, 6.07) is 0.979. The molecule has 2 aliphatic rings. The number of fused-ring (bicyclic) bond motifs is 1. The maximum absolute atomic E-state index is 6.17. The van der Waals surface area contributed by atoms with Crippen molar-refractivity contribution in [2.45, 2.75) is 50.8 Å². The van der Waals surface area contributed by atoms with Gasteiger partial charge in [0.05, 0.1) is 18.4 Å². The number of morpholine rings is 1. The Labute approximate surface area is 126 Å². The minimum Gasteiger partial charge on any atom is -0.374 e. The molecular weight excluding hydrogens is 266 g/mol. The van der Waals surface area contributed by atoms with Crippen molar-refractivity contribution in [3.8, 4) is 0 Å². The molecule has 2 saturated heterocycles. The smallest absolute Gasteiger partial charge is 0.0859 e. The quantitative estimate of drug-likeness (QED) is 0.832. The summed E-state index contributed by atoms with van der Waals surface area (Å²) >= 11 is 0. The number of hydrogen-bond acceptors (Lipinski definition) is 5. The molecule has 0 amide bonds. The molecule has 0 bridgehead atoms. The second kappa shape index (κ2) is 6.85. The van der Waals surface area contributed by atoms with Crippen molar-refractivity contribution in [2.75, 3.05) is 26.2 Å².